The molecule has 0 radical (unpaired) electrons. The van der Waals surface area contributed by atoms with Gasteiger partial charge < -0.3 is 0 Å². The minimum Gasteiger partial charge on any atom is -0.260 e. The zero-order valence-electron chi connectivity index (χ0n) is 14.7. The number of hydrogen-bond donors (Lipinski definition) is 0. The van der Waals surface area contributed by atoms with E-state index in [9.17, 15) is 8.78 Å². The van der Waals surface area contributed by atoms with E-state index in [1.807, 2.05) is 24.3 Å². The third-order valence-electron chi connectivity index (χ3n) is 4.43. The van der Waals surface area contributed by atoms with Crippen LogP contribution in [0.1, 0.15) is 0 Å². The molecule has 4 rings (SSSR count). The molecular weight excluding hydrogens is 366 g/mol. The number of aromatic nitrogens is 6. The average Bonchev–Trinajstić information content (AvgIpc) is 3.30. The van der Waals surface area contributed by atoms with Gasteiger partial charge in [0.25, 0.3) is 12.2 Å². The Labute approximate surface area is 155 Å². The lowest BCUT2D eigenvalue weighted by atomic mass is 10.4. The van der Waals surface area contributed by atoms with Gasteiger partial charge in [-0.25, -0.2) is 19.9 Å². The number of hydrogen-bond acceptors (Lipinski definition) is 4. The predicted molar refractivity (Wildman–Crippen MR) is 99.4 cm³/mol. The predicted octanol–water partition coefficient (Wildman–Crippen LogP) is 1.95. The van der Waals surface area contributed by atoms with Crippen LogP contribution in [0.4, 0.5) is 8.78 Å². The first-order chi connectivity index (χ1) is 13.0. The average molecular weight is 382 g/mol. The number of halogens is 2. The molecule has 9 heteroatoms. The molecule has 6 nitrogen and oxygen atoms in total. The summed E-state index contributed by atoms with van der Waals surface area (Å²) in [6.45, 7) is 4.19. The van der Waals surface area contributed by atoms with E-state index < -0.39 is 20.2 Å². The Morgan fingerprint density at radius 3 is 1.56 bits per heavy atom. The normalized spacial score (nSPS) is 11.7. The van der Waals surface area contributed by atoms with Crippen LogP contribution in [0.5, 0.6) is 0 Å². The Morgan fingerprint density at radius 2 is 1.19 bits per heavy atom. The summed E-state index contributed by atoms with van der Waals surface area (Å²) in [5.74, 6) is 0.916. The van der Waals surface area contributed by atoms with Gasteiger partial charge in [-0.2, -0.15) is 8.78 Å². The van der Waals surface area contributed by atoms with E-state index in [1.165, 1.54) is 33.9 Å². The molecular formula is C18H16F2N6Si. The molecule has 0 bridgehead atoms. The molecule has 0 spiro atoms. The molecule has 0 fully saturated rings. The highest BCUT2D eigenvalue weighted by atomic mass is 28.3. The van der Waals surface area contributed by atoms with Crippen molar-refractivity contribution < 1.29 is 8.78 Å². The second kappa shape index (κ2) is 6.51. The first kappa shape index (κ1) is 17.2. The van der Waals surface area contributed by atoms with Crippen LogP contribution in [0.2, 0.25) is 13.1 Å². The van der Waals surface area contributed by atoms with Crippen LogP contribution in [0.15, 0.2) is 61.2 Å². The lowest BCUT2D eigenvalue weighted by Crippen LogP contribution is -2.55. The Balaban J connectivity index is 1.76. The Bertz CT molecular complexity index is 1020. The van der Waals surface area contributed by atoms with E-state index >= 15 is 0 Å². The van der Waals surface area contributed by atoms with Crippen molar-refractivity contribution in [2.45, 2.75) is 13.1 Å². The summed E-state index contributed by atoms with van der Waals surface area (Å²) in [6, 6.07) is 11.0. The van der Waals surface area contributed by atoms with Crippen LogP contribution in [0, 0.1) is 12.2 Å². The smallest absolute Gasteiger partial charge is 0.260 e. The van der Waals surface area contributed by atoms with Gasteiger partial charge in [-0.05, 0) is 24.3 Å². The molecule has 4 aromatic heterocycles. The molecule has 4 aromatic rings. The molecule has 0 amide bonds. The molecule has 0 aliphatic rings. The summed E-state index contributed by atoms with van der Waals surface area (Å²) >= 11 is 0. The zero-order chi connectivity index (χ0) is 19.0. The van der Waals surface area contributed by atoms with E-state index in [2.05, 4.69) is 33.0 Å². The molecule has 0 unspecified atom stereocenters. The number of rotatable bonds is 4. The van der Waals surface area contributed by atoms with E-state index in [-0.39, 0.29) is 0 Å². The van der Waals surface area contributed by atoms with E-state index in [0.717, 1.165) is 10.6 Å². The van der Waals surface area contributed by atoms with Gasteiger partial charge in [0.15, 0.2) is 8.07 Å². The van der Waals surface area contributed by atoms with E-state index in [0.29, 0.717) is 11.6 Å². The summed E-state index contributed by atoms with van der Waals surface area (Å²) in [5, 5.41) is 1.67. The summed E-state index contributed by atoms with van der Waals surface area (Å²) < 4.78 is 30.2. The van der Waals surface area contributed by atoms with Crippen molar-refractivity contribution >= 4 is 18.7 Å². The number of imidazole rings is 2. The van der Waals surface area contributed by atoms with Crippen LogP contribution < -0.4 is 10.6 Å². The SMILES string of the molecule is C[Si](C)(c1cccc(-n2ccnc2F)n1)c1cccc(-n2ccnc2F)n1. The Morgan fingerprint density at radius 1 is 0.741 bits per heavy atom. The Hall–Kier alpha value is -3.20. The summed E-state index contributed by atoms with van der Waals surface area (Å²) in [5.41, 5.74) is 0. The molecule has 0 aliphatic heterocycles. The Kier molecular flexibility index (Phi) is 4.15. The monoisotopic (exact) mass is 382 g/mol. The lowest BCUT2D eigenvalue weighted by molar-refractivity contribution is 0.520. The highest BCUT2D eigenvalue weighted by molar-refractivity contribution is 6.99. The van der Waals surface area contributed by atoms with Crippen molar-refractivity contribution in [3.63, 3.8) is 0 Å². The maximum absolute atomic E-state index is 13.8. The van der Waals surface area contributed by atoms with Crippen LogP contribution in [-0.4, -0.2) is 37.1 Å². The molecule has 0 saturated carbocycles. The van der Waals surface area contributed by atoms with Crippen molar-refractivity contribution in [3.05, 3.63) is 73.3 Å². The van der Waals surface area contributed by atoms with Crippen LogP contribution in [-0.2, 0) is 0 Å². The highest BCUT2D eigenvalue weighted by Crippen LogP contribution is 2.10. The zero-order valence-corrected chi connectivity index (χ0v) is 15.7. The largest absolute Gasteiger partial charge is 0.294 e. The maximum Gasteiger partial charge on any atom is 0.294 e. The quantitative estimate of drug-likeness (QED) is 0.506. The first-order valence-electron chi connectivity index (χ1n) is 8.30. The summed E-state index contributed by atoms with van der Waals surface area (Å²) in [6.07, 6.45) is 4.59. The van der Waals surface area contributed by atoms with Gasteiger partial charge in [-0.3, -0.25) is 9.13 Å². The van der Waals surface area contributed by atoms with Crippen molar-refractivity contribution in [2.24, 2.45) is 0 Å². The van der Waals surface area contributed by atoms with Gasteiger partial charge in [0, 0.05) is 35.4 Å². The van der Waals surface area contributed by atoms with Gasteiger partial charge in [-0.1, -0.05) is 25.2 Å². The fourth-order valence-electron chi connectivity index (χ4n) is 2.85. The number of nitrogens with zero attached hydrogens (tertiary/aromatic N) is 6. The van der Waals surface area contributed by atoms with Gasteiger partial charge >= 0.3 is 0 Å². The number of pyridine rings is 2. The molecule has 0 N–H and O–H groups in total. The standard InChI is InChI=1S/C18H16F2N6Si/c1-27(2,15-7-3-5-13(23-15)25-11-9-21-17(25)19)16-8-4-6-14(24-16)26-12-10-22-18(26)20/h3-12H,1-2H3. The lowest BCUT2D eigenvalue weighted by Gasteiger charge is -2.22. The van der Waals surface area contributed by atoms with Gasteiger partial charge in [0.05, 0.1) is 0 Å². The fourth-order valence-corrected chi connectivity index (χ4v) is 4.93. The second-order valence-corrected chi connectivity index (χ2v) is 10.8. The molecule has 0 aromatic carbocycles. The third-order valence-corrected chi connectivity index (χ3v) is 7.55. The molecule has 136 valence electrons. The third kappa shape index (κ3) is 3.06. The van der Waals surface area contributed by atoms with Gasteiger partial charge in [0.2, 0.25) is 0 Å². The summed E-state index contributed by atoms with van der Waals surface area (Å²) in [4.78, 5) is 16.5. The summed E-state index contributed by atoms with van der Waals surface area (Å²) in [7, 11) is -2.31. The van der Waals surface area contributed by atoms with Crippen molar-refractivity contribution in [3.8, 4) is 11.6 Å². The minimum absolute atomic E-state index is 0.458. The van der Waals surface area contributed by atoms with Crippen molar-refractivity contribution in [1.29, 1.82) is 0 Å². The topological polar surface area (TPSA) is 61.4 Å². The van der Waals surface area contributed by atoms with Crippen LogP contribution in [0.3, 0.4) is 0 Å². The molecule has 0 atom stereocenters. The molecule has 27 heavy (non-hydrogen) atoms. The van der Waals surface area contributed by atoms with E-state index in [4.69, 9.17) is 0 Å². The van der Waals surface area contributed by atoms with Crippen LogP contribution in [0.25, 0.3) is 11.6 Å². The first-order valence-corrected chi connectivity index (χ1v) is 11.3. The second-order valence-electron chi connectivity index (χ2n) is 6.52. The van der Waals surface area contributed by atoms with Crippen LogP contribution >= 0.6 is 0 Å². The minimum atomic E-state index is -2.31. The highest BCUT2D eigenvalue weighted by Gasteiger charge is 2.30. The molecule has 4 heterocycles. The molecule has 0 aliphatic carbocycles. The molecule has 0 saturated heterocycles. The van der Waals surface area contributed by atoms with Crippen molar-refractivity contribution in [1.82, 2.24) is 29.1 Å². The van der Waals surface area contributed by atoms with E-state index in [1.54, 1.807) is 12.1 Å². The fraction of sp³-hybridized carbons (Fsp3) is 0.111. The van der Waals surface area contributed by atoms with Gasteiger partial charge in [-0.15, -0.1) is 0 Å². The van der Waals surface area contributed by atoms with Crippen molar-refractivity contribution in [2.75, 3.05) is 0 Å². The maximum atomic E-state index is 13.8. The van der Waals surface area contributed by atoms with Gasteiger partial charge in [0.1, 0.15) is 11.6 Å².